The van der Waals surface area contributed by atoms with Crippen LogP contribution in [0.4, 0.5) is 4.39 Å². The number of piperazine rings is 1. The number of carbonyl (C=O) groups is 2. The van der Waals surface area contributed by atoms with Gasteiger partial charge in [0.15, 0.2) is 0 Å². The second kappa shape index (κ2) is 7.70. The Morgan fingerprint density at radius 1 is 0.970 bits per heavy atom. The molecule has 33 heavy (non-hydrogen) atoms. The number of fused-ring (bicyclic) bond motifs is 9. The van der Waals surface area contributed by atoms with E-state index in [1.807, 2.05) is 12.3 Å². The van der Waals surface area contributed by atoms with E-state index in [0.29, 0.717) is 43.9 Å². The lowest BCUT2D eigenvalue weighted by molar-refractivity contribution is -0.141. The van der Waals surface area contributed by atoms with Crippen LogP contribution in [0.25, 0.3) is 21.9 Å². The van der Waals surface area contributed by atoms with Gasteiger partial charge in [0, 0.05) is 73.2 Å². The first-order valence-electron chi connectivity index (χ1n) is 11.1. The Morgan fingerprint density at radius 2 is 1.79 bits per heavy atom. The summed E-state index contributed by atoms with van der Waals surface area (Å²) in [6, 6.07) is 8.23. The van der Waals surface area contributed by atoms with Gasteiger partial charge in [0.2, 0.25) is 11.8 Å². The summed E-state index contributed by atoms with van der Waals surface area (Å²) in [7, 11) is 0. The molecule has 3 saturated heterocycles. The number of amides is 2. The fourth-order valence-electron chi connectivity index (χ4n) is 5.16. The van der Waals surface area contributed by atoms with Gasteiger partial charge in [-0.2, -0.15) is 0 Å². The first-order valence-corrected chi connectivity index (χ1v) is 11.1. The molecule has 4 aromatic rings. The molecule has 0 saturated carbocycles. The molecule has 3 aliphatic rings. The van der Waals surface area contributed by atoms with Crippen molar-refractivity contribution in [2.45, 2.75) is 12.0 Å². The molecule has 9 heteroatoms. The summed E-state index contributed by atoms with van der Waals surface area (Å²) < 4.78 is 14.0. The lowest BCUT2D eigenvalue weighted by Gasteiger charge is -2.41. The Hall–Kier alpha value is -3.72. The molecule has 0 radical (unpaired) electrons. The van der Waals surface area contributed by atoms with Crippen LogP contribution >= 0.6 is 0 Å². The van der Waals surface area contributed by atoms with Crippen molar-refractivity contribution >= 4 is 33.8 Å². The Labute approximate surface area is 188 Å². The number of nitrogens with zero attached hydrogens (tertiary/aromatic N) is 3. The number of hydrogen-bond acceptors (Lipinski definition) is 4. The zero-order valence-corrected chi connectivity index (χ0v) is 17.8. The quantitative estimate of drug-likeness (QED) is 0.412. The molecular formula is C24H23FN6O2. The molecule has 0 aliphatic carbocycles. The molecule has 2 atom stereocenters. The van der Waals surface area contributed by atoms with Crippen LogP contribution in [0.1, 0.15) is 23.1 Å². The summed E-state index contributed by atoms with van der Waals surface area (Å²) in [4.78, 5) is 41.5. The Balaban J connectivity index is 1.39. The molecule has 168 valence electrons. The number of halogens is 1. The average Bonchev–Trinajstić information content (AvgIpc) is 3.44. The lowest BCUT2D eigenvalue weighted by Crippen LogP contribution is -2.55. The Kier molecular flexibility index (Phi) is 4.65. The van der Waals surface area contributed by atoms with Crippen LogP contribution in [0.15, 0.2) is 48.9 Å². The molecule has 2 amide bonds. The van der Waals surface area contributed by atoms with Crippen molar-refractivity contribution in [2.24, 2.45) is 0 Å². The highest BCUT2D eigenvalue weighted by molar-refractivity contribution is 6.08. The summed E-state index contributed by atoms with van der Waals surface area (Å²) in [6.45, 7) is 2.76. The van der Waals surface area contributed by atoms with Gasteiger partial charge in [-0.05, 0) is 35.9 Å². The summed E-state index contributed by atoms with van der Waals surface area (Å²) in [5, 5.41) is 4.60. The van der Waals surface area contributed by atoms with E-state index in [-0.39, 0.29) is 23.7 Å². The molecule has 3 aromatic heterocycles. The largest absolute Gasteiger partial charge is 0.361 e. The molecule has 3 fully saturated rings. The van der Waals surface area contributed by atoms with Crippen LogP contribution in [0.3, 0.4) is 0 Å². The number of pyridine rings is 1. The van der Waals surface area contributed by atoms with E-state index >= 15 is 0 Å². The minimum Gasteiger partial charge on any atom is -0.361 e. The van der Waals surface area contributed by atoms with E-state index < -0.39 is 5.92 Å². The minimum absolute atomic E-state index is 0.134. The Bertz CT molecular complexity index is 1370. The summed E-state index contributed by atoms with van der Waals surface area (Å²) >= 11 is 0. The zero-order chi connectivity index (χ0) is 22.5. The molecular weight excluding hydrogens is 423 g/mol. The van der Waals surface area contributed by atoms with Crippen LogP contribution < -0.4 is 5.32 Å². The van der Waals surface area contributed by atoms with Crippen molar-refractivity contribution in [2.75, 3.05) is 32.7 Å². The average molecular weight is 446 g/mol. The fourth-order valence-corrected chi connectivity index (χ4v) is 5.16. The molecule has 7 rings (SSSR count). The van der Waals surface area contributed by atoms with Crippen LogP contribution in [-0.4, -0.2) is 69.3 Å². The van der Waals surface area contributed by atoms with Crippen LogP contribution in [-0.2, 0) is 9.59 Å². The van der Waals surface area contributed by atoms with Crippen molar-refractivity contribution < 1.29 is 14.0 Å². The number of hydrogen-bond donors (Lipinski definition) is 3. The molecule has 8 nitrogen and oxygen atoms in total. The standard InChI is InChI=1S/C24H23FN6O2/c25-14-3-4-19-16(10-14)17(11-27-19)20-13-29-23(32)21(24(33)31-8-6-30(20)7-9-31)18-12-28-22-15(18)2-1-5-26-22/h1-5,10-12,20-21,27H,6-9,13H2,(H,26,28)(H,29,32). The third-order valence-corrected chi connectivity index (χ3v) is 6.87. The van der Waals surface area contributed by atoms with Crippen molar-refractivity contribution in [3.63, 3.8) is 0 Å². The van der Waals surface area contributed by atoms with E-state index in [4.69, 9.17) is 0 Å². The number of aromatic amines is 2. The number of H-pyrrole nitrogens is 2. The van der Waals surface area contributed by atoms with Crippen LogP contribution in [0, 0.1) is 5.82 Å². The van der Waals surface area contributed by atoms with Gasteiger partial charge in [-0.15, -0.1) is 0 Å². The number of nitrogens with one attached hydrogen (secondary N) is 3. The normalized spacial score (nSPS) is 23.9. The van der Waals surface area contributed by atoms with E-state index in [1.165, 1.54) is 12.1 Å². The van der Waals surface area contributed by atoms with Gasteiger partial charge >= 0.3 is 0 Å². The Morgan fingerprint density at radius 3 is 2.64 bits per heavy atom. The summed E-state index contributed by atoms with van der Waals surface area (Å²) in [5.74, 6) is -1.77. The molecule has 2 bridgehead atoms. The second-order valence-corrected chi connectivity index (χ2v) is 8.63. The monoisotopic (exact) mass is 446 g/mol. The maximum absolute atomic E-state index is 14.0. The maximum Gasteiger partial charge on any atom is 0.239 e. The van der Waals surface area contributed by atoms with Crippen LogP contribution in [0.5, 0.6) is 0 Å². The highest BCUT2D eigenvalue weighted by atomic mass is 19.1. The van der Waals surface area contributed by atoms with Crippen molar-refractivity contribution in [1.29, 1.82) is 0 Å². The topological polar surface area (TPSA) is 97.1 Å². The molecule has 1 aromatic carbocycles. The summed E-state index contributed by atoms with van der Waals surface area (Å²) in [6.07, 6.45) is 5.28. The number of aromatic nitrogens is 3. The maximum atomic E-state index is 14.0. The highest BCUT2D eigenvalue weighted by Crippen LogP contribution is 2.32. The van der Waals surface area contributed by atoms with Gasteiger partial charge in [-0.3, -0.25) is 14.5 Å². The molecule has 3 aliphatic heterocycles. The van der Waals surface area contributed by atoms with E-state index in [0.717, 1.165) is 21.9 Å². The smallest absolute Gasteiger partial charge is 0.239 e. The lowest BCUT2D eigenvalue weighted by atomic mass is 9.94. The third kappa shape index (κ3) is 3.27. The SMILES string of the molecule is O=C1NCC(c2c[nH]c3ccc(F)cc23)N2CCN(CC2)C(=O)C1c1c[nH]c2ncccc12. The van der Waals surface area contributed by atoms with Gasteiger partial charge in [0.05, 0.1) is 6.04 Å². The first kappa shape index (κ1) is 19.9. The summed E-state index contributed by atoms with van der Waals surface area (Å²) in [5.41, 5.74) is 3.08. The van der Waals surface area contributed by atoms with Crippen molar-refractivity contribution in [3.8, 4) is 0 Å². The van der Waals surface area contributed by atoms with Gasteiger partial charge in [0.1, 0.15) is 17.4 Å². The van der Waals surface area contributed by atoms with Crippen LogP contribution in [0.2, 0.25) is 0 Å². The number of benzene rings is 1. The zero-order valence-electron chi connectivity index (χ0n) is 17.8. The minimum atomic E-state index is -0.950. The van der Waals surface area contributed by atoms with E-state index in [1.54, 1.807) is 29.4 Å². The van der Waals surface area contributed by atoms with Gasteiger partial charge in [0.25, 0.3) is 0 Å². The van der Waals surface area contributed by atoms with Gasteiger partial charge in [-0.1, -0.05) is 0 Å². The molecule has 3 N–H and O–H groups in total. The fraction of sp³-hybridized carbons (Fsp3) is 0.292. The molecule has 6 heterocycles. The highest BCUT2D eigenvalue weighted by Gasteiger charge is 2.38. The second-order valence-electron chi connectivity index (χ2n) is 8.63. The predicted molar refractivity (Wildman–Crippen MR) is 121 cm³/mol. The van der Waals surface area contributed by atoms with Gasteiger partial charge < -0.3 is 20.2 Å². The number of carbonyl (C=O) groups excluding carboxylic acids is 2. The third-order valence-electron chi connectivity index (χ3n) is 6.87. The van der Waals surface area contributed by atoms with Gasteiger partial charge in [-0.25, -0.2) is 9.37 Å². The van der Waals surface area contributed by atoms with Crippen molar-refractivity contribution in [1.82, 2.24) is 30.1 Å². The predicted octanol–water partition coefficient (Wildman–Crippen LogP) is 2.28. The number of rotatable bonds is 2. The van der Waals surface area contributed by atoms with E-state index in [9.17, 15) is 14.0 Å². The molecule has 0 spiro atoms. The van der Waals surface area contributed by atoms with E-state index in [2.05, 4.69) is 25.2 Å². The molecule has 2 unspecified atom stereocenters. The van der Waals surface area contributed by atoms with Crippen molar-refractivity contribution in [3.05, 3.63) is 65.9 Å². The first-order chi connectivity index (χ1) is 16.1.